The first-order valence-electron chi connectivity index (χ1n) is 9.38. The molecule has 1 aliphatic heterocycles. The van der Waals surface area contributed by atoms with Crippen LogP contribution >= 0.6 is 11.6 Å². The summed E-state index contributed by atoms with van der Waals surface area (Å²) in [6.45, 7) is 0. The summed E-state index contributed by atoms with van der Waals surface area (Å²) >= 11 is 6.01. The third-order valence-corrected chi connectivity index (χ3v) is 4.99. The van der Waals surface area contributed by atoms with Crippen molar-refractivity contribution in [3.05, 3.63) is 94.4 Å². The summed E-state index contributed by atoms with van der Waals surface area (Å²) in [7, 11) is 3.09. The van der Waals surface area contributed by atoms with Gasteiger partial charge < -0.3 is 9.47 Å². The van der Waals surface area contributed by atoms with Crippen LogP contribution in [0.5, 0.6) is 11.5 Å². The lowest BCUT2D eigenvalue weighted by molar-refractivity contribution is -0.113. The number of nitrogens with zero attached hydrogens (tertiary/aromatic N) is 2. The van der Waals surface area contributed by atoms with Gasteiger partial charge in [-0.2, -0.15) is 0 Å². The molecule has 3 aromatic rings. The van der Waals surface area contributed by atoms with Crippen molar-refractivity contribution in [2.75, 3.05) is 19.1 Å². The molecule has 0 spiro atoms. The molecule has 0 saturated heterocycles. The summed E-state index contributed by atoms with van der Waals surface area (Å²) in [4.78, 5) is 19.2. The van der Waals surface area contributed by atoms with Gasteiger partial charge in [0.05, 0.1) is 19.9 Å². The quantitative estimate of drug-likeness (QED) is 0.508. The lowest BCUT2D eigenvalue weighted by Gasteiger charge is -2.18. The van der Waals surface area contributed by atoms with Gasteiger partial charge in [-0.3, -0.25) is 9.69 Å². The number of hydrogen-bond donors (Lipinski definition) is 0. The number of benzene rings is 3. The minimum absolute atomic E-state index is 0.210. The van der Waals surface area contributed by atoms with Crippen LogP contribution in [-0.4, -0.2) is 26.0 Å². The predicted molar refractivity (Wildman–Crippen MR) is 119 cm³/mol. The maximum atomic E-state index is 13.9. The number of aliphatic imine (C=N–C) groups is 1. The molecule has 0 atom stereocenters. The first kappa shape index (κ1) is 20.6. The smallest absolute Gasteiger partial charge is 0.282 e. The molecule has 1 aliphatic rings. The molecule has 5 nitrogen and oxygen atoms in total. The molecular weight excluding hydrogens is 419 g/mol. The number of carbonyl (C=O) groups excluding carboxylic acids is 1. The molecule has 0 unspecified atom stereocenters. The van der Waals surface area contributed by atoms with E-state index in [0.717, 1.165) is 0 Å². The Kier molecular flexibility index (Phi) is 5.73. The van der Waals surface area contributed by atoms with Gasteiger partial charge >= 0.3 is 0 Å². The third kappa shape index (κ3) is 4.15. The SMILES string of the molecule is COc1ccc(/C=C2\N=C(c3ccc(Cl)cc3)N(c3cccc(F)c3)C2=O)cc1OC. The first-order chi connectivity index (χ1) is 15.0. The van der Waals surface area contributed by atoms with Crippen molar-refractivity contribution in [2.45, 2.75) is 0 Å². The van der Waals surface area contributed by atoms with Crippen LogP contribution in [0, 0.1) is 5.82 Å². The molecule has 3 aromatic carbocycles. The summed E-state index contributed by atoms with van der Waals surface area (Å²) in [5.74, 6) is 0.683. The molecule has 0 saturated carbocycles. The second kappa shape index (κ2) is 8.62. The summed E-state index contributed by atoms with van der Waals surface area (Å²) < 4.78 is 24.5. The fraction of sp³-hybridized carbons (Fsp3) is 0.0833. The van der Waals surface area contributed by atoms with Crippen molar-refractivity contribution in [1.82, 2.24) is 0 Å². The lowest BCUT2D eigenvalue weighted by Crippen LogP contribution is -2.32. The Morgan fingerprint density at radius 3 is 2.39 bits per heavy atom. The van der Waals surface area contributed by atoms with Crippen LogP contribution in [0.2, 0.25) is 5.02 Å². The monoisotopic (exact) mass is 436 g/mol. The molecule has 156 valence electrons. The summed E-state index contributed by atoms with van der Waals surface area (Å²) in [5, 5.41) is 0.562. The summed E-state index contributed by atoms with van der Waals surface area (Å²) in [5.41, 5.74) is 1.98. The Morgan fingerprint density at radius 1 is 0.968 bits per heavy atom. The molecule has 4 rings (SSSR count). The highest BCUT2D eigenvalue weighted by atomic mass is 35.5. The first-order valence-corrected chi connectivity index (χ1v) is 9.76. The highest BCUT2D eigenvalue weighted by Crippen LogP contribution is 2.31. The van der Waals surface area contributed by atoms with Crippen LogP contribution in [0.3, 0.4) is 0 Å². The largest absolute Gasteiger partial charge is 0.493 e. The van der Waals surface area contributed by atoms with Crippen molar-refractivity contribution in [3.8, 4) is 11.5 Å². The van der Waals surface area contributed by atoms with Gasteiger partial charge in [0.15, 0.2) is 11.5 Å². The van der Waals surface area contributed by atoms with Crippen LogP contribution < -0.4 is 14.4 Å². The number of halogens is 2. The maximum absolute atomic E-state index is 13.9. The molecule has 0 N–H and O–H groups in total. The zero-order valence-electron chi connectivity index (χ0n) is 16.8. The minimum Gasteiger partial charge on any atom is -0.493 e. The Morgan fingerprint density at radius 2 is 1.71 bits per heavy atom. The number of rotatable bonds is 5. The topological polar surface area (TPSA) is 51.1 Å². The van der Waals surface area contributed by atoms with Gasteiger partial charge in [-0.05, 0) is 66.2 Å². The van der Waals surface area contributed by atoms with E-state index >= 15 is 0 Å². The zero-order chi connectivity index (χ0) is 22.0. The number of ether oxygens (including phenoxy) is 2. The fourth-order valence-corrected chi connectivity index (χ4v) is 3.39. The Hall–Kier alpha value is -3.64. The molecule has 31 heavy (non-hydrogen) atoms. The van der Waals surface area contributed by atoms with Crippen LogP contribution in [0.4, 0.5) is 10.1 Å². The molecular formula is C24H18ClFN2O3. The molecule has 0 radical (unpaired) electrons. The van der Waals surface area contributed by atoms with E-state index in [1.807, 2.05) is 0 Å². The fourth-order valence-electron chi connectivity index (χ4n) is 3.26. The van der Waals surface area contributed by atoms with E-state index in [-0.39, 0.29) is 11.6 Å². The summed E-state index contributed by atoms with van der Waals surface area (Å²) in [6.07, 6.45) is 1.65. The standard InChI is InChI=1S/C24H18ClFN2O3/c1-30-21-11-6-15(13-22(21)31-2)12-20-24(29)28(19-5-3-4-18(26)14-19)23(27-20)16-7-9-17(25)10-8-16/h3-14H,1-2H3/b20-12-. The predicted octanol–water partition coefficient (Wildman–Crippen LogP) is 5.33. The van der Waals surface area contributed by atoms with Crippen molar-refractivity contribution < 1.29 is 18.7 Å². The van der Waals surface area contributed by atoms with E-state index in [4.69, 9.17) is 21.1 Å². The van der Waals surface area contributed by atoms with Crippen LogP contribution in [0.25, 0.3) is 6.08 Å². The maximum Gasteiger partial charge on any atom is 0.282 e. The van der Waals surface area contributed by atoms with Gasteiger partial charge in [0.25, 0.3) is 5.91 Å². The van der Waals surface area contributed by atoms with Gasteiger partial charge in [-0.25, -0.2) is 9.38 Å². The van der Waals surface area contributed by atoms with Gasteiger partial charge in [0, 0.05) is 10.6 Å². The Balaban J connectivity index is 1.81. The number of amidine groups is 1. The molecule has 0 bridgehead atoms. The molecule has 0 fully saturated rings. The molecule has 0 aliphatic carbocycles. The van der Waals surface area contributed by atoms with Gasteiger partial charge in [-0.1, -0.05) is 23.7 Å². The van der Waals surface area contributed by atoms with E-state index < -0.39 is 5.82 Å². The molecule has 1 amide bonds. The van der Waals surface area contributed by atoms with Crippen LogP contribution in [0.1, 0.15) is 11.1 Å². The minimum atomic E-state index is -0.446. The van der Waals surface area contributed by atoms with Crippen molar-refractivity contribution in [2.24, 2.45) is 4.99 Å². The number of anilines is 1. The van der Waals surface area contributed by atoms with E-state index in [1.54, 1.807) is 67.8 Å². The van der Waals surface area contributed by atoms with E-state index in [0.29, 0.717) is 39.2 Å². The number of methoxy groups -OCH3 is 2. The number of hydrogen-bond acceptors (Lipinski definition) is 4. The van der Waals surface area contributed by atoms with E-state index in [1.165, 1.54) is 24.1 Å². The third-order valence-electron chi connectivity index (χ3n) is 4.74. The Bertz CT molecular complexity index is 1210. The molecule has 7 heteroatoms. The van der Waals surface area contributed by atoms with Gasteiger partial charge in [0.1, 0.15) is 17.3 Å². The number of amides is 1. The van der Waals surface area contributed by atoms with Crippen LogP contribution in [-0.2, 0) is 4.79 Å². The highest BCUT2D eigenvalue weighted by Gasteiger charge is 2.32. The summed E-state index contributed by atoms with van der Waals surface area (Å²) in [6, 6.07) is 18.1. The second-order valence-electron chi connectivity index (χ2n) is 6.71. The zero-order valence-corrected chi connectivity index (χ0v) is 17.6. The average Bonchev–Trinajstić information content (AvgIpc) is 3.10. The van der Waals surface area contributed by atoms with Crippen molar-refractivity contribution in [3.63, 3.8) is 0 Å². The highest BCUT2D eigenvalue weighted by molar-refractivity contribution is 6.34. The van der Waals surface area contributed by atoms with Crippen molar-refractivity contribution in [1.29, 1.82) is 0 Å². The van der Waals surface area contributed by atoms with Gasteiger partial charge in [0.2, 0.25) is 0 Å². The average molecular weight is 437 g/mol. The molecule has 0 aromatic heterocycles. The molecule has 1 heterocycles. The van der Waals surface area contributed by atoms with Crippen LogP contribution in [0.15, 0.2) is 77.4 Å². The van der Waals surface area contributed by atoms with Crippen molar-refractivity contribution >= 4 is 35.1 Å². The number of carbonyl (C=O) groups is 1. The van der Waals surface area contributed by atoms with Gasteiger partial charge in [-0.15, -0.1) is 0 Å². The lowest BCUT2D eigenvalue weighted by atomic mass is 10.1. The van der Waals surface area contributed by atoms with E-state index in [9.17, 15) is 9.18 Å². The van der Waals surface area contributed by atoms with E-state index in [2.05, 4.69) is 4.99 Å². The Labute approximate surface area is 184 Å². The normalized spacial score (nSPS) is 14.7. The second-order valence-corrected chi connectivity index (χ2v) is 7.14.